The Morgan fingerprint density at radius 1 is 1.26 bits per heavy atom. The van der Waals surface area contributed by atoms with E-state index in [-0.39, 0.29) is 10.6 Å². The number of hydrogen-bond acceptors (Lipinski definition) is 6. The first-order valence-corrected chi connectivity index (χ1v) is 8.46. The van der Waals surface area contributed by atoms with E-state index in [0.29, 0.717) is 26.2 Å². The lowest BCUT2D eigenvalue weighted by Crippen LogP contribution is -2.47. The molecule has 128 valence electrons. The zero-order valence-corrected chi connectivity index (χ0v) is 13.8. The second kappa shape index (κ2) is 7.24. The summed E-state index contributed by atoms with van der Waals surface area (Å²) in [6.45, 7) is 1.53. The van der Waals surface area contributed by atoms with Gasteiger partial charge in [0, 0.05) is 26.2 Å². The lowest BCUT2D eigenvalue weighted by molar-refractivity contribution is -0.142. The summed E-state index contributed by atoms with van der Waals surface area (Å²) >= 11 is 0. The Kier molecular flexibility index (Phi) is 5.55. The second-order valence-electron chi connectivity index (χ2n) is 5.16. The van der Waals surface area contributed by atoms with Crippen LogP contribution in [0.15, 0.2) is 23.1 Å². The smallest absolute Gasteiger partial charge is 0.343 e. The van der Waals surface area contributed by atoms with Gasteiger partial charge in [0.05, 0.1) is 12.0 Å². The van der Waals surface area contributed by atoms with E-state index in [0.717, 1.165) is 6.07 Å². The van der Waals surface area contributed by atoms with Crippen molar-refractivity contribution in [3.8, 4) is 5.75 Å². The molecule has 0 aliphatic carbocycles. The Balaban J connectivity index is 2.14. The summed E-state index contributed by atoms with van der Waals surface area (Å²) in [5.74, 6) is -1.70. The number of methoxy groups -OCH3 is 1. The zero-order chi connectivity index (χ0) is 17.0. The van der Waals surface area contributed by atoms with Crippen molar-refractivity contribution in [2.24, 2.45) is 0 Å². The minimum absolute atomic E-state index is 0.134. The van der Waals surface area contributed by atoms with Crippen molar-refractivity contribution >= 4 is 16.0 Å². The number of carbonyl (C=O) groups is 1. The van der Waals surface area contributed by atoms with Gasteiger partial charge in [-0.25, -0.2) is 17.6 Å². The molecule has 1 fully saturated rings. The number of benzene rings is 1. The number of piperazine rings is 1. The molecular weight excluding hydrogens is 327 g/mol. The lowest BCUT2D eigenvalue weighted by Gasteiger charge is -2.31. The minimum atomic E-state index is -3.74. The van der Waals surface area contributed by atoms with E-state index in [1.807, 2.05) is 11.9 Å². The molecule has 1 aliphatic rings. The average Bonchev–Trinajstić information content (AvgIpc) is 2.53. The van der Waals surface area contributed by atoms with Crippen LogP contribution in [0.5, 0.6) is 5.75 Å². The van der Waals surface area contributed by atoms with Gasteiger partial charge in [-0.05, 0) is 25.2 Å². The van der Waals surface area contributed by atoms with Gasteiger partial charge in [-0.3, -0.25) is 0 Å². The van der Waals surface area contributed by atoms with E-state index in [1.54, 1.807) is 0 Å². The molecule has 1 aromatic rings. The highest BCUT2D eigenvalue weighted by molar-refractivity contribution is 7.89. The fourth-order valence-electron chi connectivity index (χ4n) is 2.13. The summed E-state index contributed by atoms with van der Waals surface area (Å²) in [5.41, 5.74) is 0. The molecular formula is C14H19FN2O5S. The summed E-state index contributed by atoms with van der Waals surface area (Å²) in [7, 11) is -0.639. The SMILES string of the molecule is COC(=O)COc1ccc(S(=O)(=O)N2CCN(C)CC2)cc1F. The van der Waals surface area contributed by atoms with E-state index < -0.39 is 28.4 Å². The maximum atomic E-state index is 14.0. The van der Waals surface area contributed by atoms with Crippen LogP contribution >= 0.6 is 0 Å². The fraction of sp³-hybridized carbons (Fsp3) is 0.500. The molecule has 1 aromatic carbocycles. The van der Waals surface area contributed by atoms with Crippen molar-refractivity contribution in [3.63, 3.8) is 0 Å². The Bertz CT molecular complexity index is 672. The summed E-state index contributed by atoms with van der Waals surface area (Å²) < 4.78 is 49.7. The molecule has 0 bridgehead atoms. The molecule has 0 aromatic heterocycles. The van der Waals surface area contributed by atoms with Crippen molar-refractivity contribution in [1.82, 2.24) is 9.21 Å². The van der Waals surface area contributed by atoms with Gasteiger partial charge < -0.3 is 14.4 Å². The third-order valence-corrected chi connectivity index (χ3v) is 5.47. The van der Waals surface area contributed by atoms with Crippen LogP contribution in [0.3, 0.4) is 0 Å². The number of likely N-dealkylation sites (N-methyl/N-ethyl adjacent to an activating group) is 1. The monoisotopic (exact) mass is 346 g/mol. The van der Waals surface area contributed by atoms with E-state index in [4.69, 9.17) is 4.74 Å². The standard InChI is InChI=1S/C14H19FN2O5S/c1-16-5-7-17(8-6-16)23(19,20)11-3-4-13(12(15)9-11)22-10-14(18)21-2/h3-4,9H,5-8,10H2,1-2H3. The first-order chi connectivity index (χ1) is 10.8. The first-order valence-electron chi connectivity index (χ1n) is 7.02. The van der Waals surface area contributed by atoms with Gasteiger partial charge in [0.15, 0.2) is 18.2 Å². The highest BCUT2D eigenvalue weighted by atomic mass is 32.2. The van der Waals surface area contributed by atoms with E-state index in [9.17, 15) is 17.6 Å². The third kappa shape index (κ3) is 4.18. The number of hydrogen-bond donors (Lipinski definition) is 0. The normalized spacial score (nSPS) is 17.0. The van der Waals surface area contributed by atoms with Crippen molar-refractivity contribution in [2.75, 3.05) is 46.9 Å². The topological polar surface area (TPSA) is 76.1 Å². The molecule has 7 nitrogen and oxygen atoms in total. The van der Waals surface area contributed by atoms with Gasteiger partial charge in [0.2, 0.25) is 10.0 Å². The molecule has 0 unspecified atom stereocenters. The third-order valence-electron chi connectivity index (χ3n) is 3.58. The Hall–Kier alpha value is -1.71. The van der Waals surface area contributed by atoms with Crippen molar-refractivity contribution < 1.29 is 27.1 Å². The Morgan fingerprint density at radius 3 is 2.48 bits per heavy atom. The quantitative estimate of drug-likeness (QED) is 0.715. The molecule has 1 aliphatic heterocycles. The molecule has 0 radical (unpaired) electrons. The molecule has 2 rings (SSSR count). The summed E-state index contributed by atoms with van der Waals surface area (Å²) in [4.78, 5) is 12.9. The van der Waals surface area contributed by atoms with Crippen LogP contribution in [-0.4, -0.2) is 70.5 Å². The number of rotatable bonds is 5. The van der Waals surface area contributed by atoms with Crippen LogP contribution in [0, 0.1) is 5.82 Å². The zero-order valence-electron chi connectivity index (χ0n) is 13.0. The predicted octanol–water partition coefficient (Wildman–Crippen LogP) is 0.314. The van der Waals surface area contributed by atoms with Crippen LogP contribution in [0.2, 0.25) is 0 Å². The number of nitrogens with zero attached hydrogens (tertiary/aromatic N) is 2. The minimum Gasteiger partial charge on any atom is -0.479 e. The van der Waals surface area contributed by atoms with Crippen LogP contribution < -0.4 is 4.74 Å². The van der Waals surface area contributed by atoms with Crippen LogP contribution in [0.1, 0.15) is 0 Å². The Morgan fingerprint density at radius 2 is 1.91 bits per heavy atom. The summed E-state index contributed by atoms with van der Waals surface area (Å²) in [6, 6.07) is 3.37. The molecule has 0 saturated carbocycles. The average molecular weight is 346 g/mol. The molecule has 9 heteroatoms. The van der Waals surface area contributed by atoms with Crippen LogP contribution in [0.4, 0.5) is 4.39 Å². The van der Waals surface area contributed by atoms with Gasteiger partial charge in [0.25, 0.3) is 0 Å². The van der Waals surface area contributed by atoms with E-state index >= 15 is 0 Å². The fourth-order valence-corrected chi connectivity index (χ4v) is 3.57. The van der Waals surface area contributed by atoms with Crippen LogP contribution in [-0.2, 0) is 19.6 Å². The number of carbonyl (C=O) groups excluding carboxylic acids is 1. The van der Waals surface area contributed by atoms with E-state index in [1.165, 1.54) is 23.5 Å². The highest BCUT2D eigenvalue weighted by Gasteiger charge is 2.28. The summed E-state index contributed by atoms with van der Waals surface area (Å²) in [6.07, 6.45) is 0. The van der Waals surface area contributed by atoms with Crippen molar-refractivity contribution in [3.05, 3.63) is 24.0 Å². The van der Waals surface area contributed by atoms with E-state index in [2.05, 4.69) is 4.74 Å². The van der Waals surface area contributed by atoms with Crippen LogP contribution in [0.25, 0.3) is 0 Å². The largest absolute Gasteiger partial charge is 0.479 e. The molecule has 1 saturated heterocycles. The molecule has 23 heavy (non-hydrogen) atoms. The lowest BCUT2D eigenvalue weighted by atomic mass is 10.3. The predicted molar refractivity (Wildman–Crippen MR) is 80.2 cm³/mol. The molecule has 1 heterocycles. The maximum Gasteiger partial charge on any atom is 0.343 e. The van der Waals surface area contributed by atoms with Gasteiger partial charge in [-0.15, -0.1) is 0 Å². The van der Waals surface area contributed by atoms with Gasteiger partial charge in [0.1, 0.15) is 0 Å². The van der Waals surface area contributed by atoms with Crippen molar-refractivity contribution in [1.29, 1.82) is 0 Å². The van der Waals surface area contributed by atoms with Gasteiger partial charge in [-0.2, -0.15) is 4.31 Å². The summed E-state index contributed by atoms with van der Waals surface area (Å²) in [5, 5.41) is 0. The molecule has 0 N–H and O–H groups in total. The molecule has 0 amide bonds. The molecule has 0 atom stereocenters. The number of esters is 1. The Labute approximate surface area is 134 Å². The highest BCUT2D eigenvalue weighted by Crippen LogP contribution is 2.24. The number of halogens is 1. The van der Waals surface area contributed by atoms with Crippen molar-refractivity contribution in [2.45, 2.75) is 4.90 Å². The molecule has 0 spiro atoms. The second-order valence-corrected chi connectivity index (χ2v) is 7.10. The van der Waals surface area contributed by atoms with Gasteiger partial charge in [-0.1, -0.05) is 0 Å². The number of ether oxygens (including phenoxy) is 2. The van der Waals surface area contributed by atoms with Gasteiger partial charge >= 0.3 is 5.97 Å². The number of sulfonamides is 1. The first kappa shape index (κ1) is 17.6. The maximum absolute atomic E-state index is 14.0.